The standard InChI is InChI=1S/C12H15ClO/c13-8-2-4-10-3-1-5-12(9-10)14-11-6-7-11/h1,3,5,9,11H,2,4,6-8H2. The quantitative estimate of drug-likeness (QED) is 0.677. The van der Waals surface area contributed by atoms with Crippen LogP contribution in [-0.4, -0.2) is 12.0 Å². The number of hydrogen-bond donors (Lipinski definition) is 0. The summed E-state index contributed by atoms with van der Waals surface area (Å²) in [7, 11) is 0. The van der Waals surface area contributed by atoms with E-state index in [2.05, 4.69) is 18.2 Å². The third kappa shape index (κ3) is 2.91. The molecule has 0 N–H and O–H groups in total. The molecule has 14 heavy (non-hydrogen) atoms. The first-order valence-corrected chi connectivity index (χ1v) is 5.73. The van der Waals surface area contributed by atoms with Gasteiger partial charge in [0, 0.05) is 5.88 Å². The Morgan fingerprint density at radius 3 is 2.93 bits per heavy atom. The second-order valence-corrected chi connectivity index (χ2v) is 4.14. The van der Waals surface area contributed by atoms with Crippen molar-refractivity contribution in [3.05, 3.63) is 29.8 Å². The molecule has 0 aliphatic heterocycles. The lowest BCUT2D eigenvalue weighted by atomic mass is 10.1. The number of aryl methyl sites for hydroxylation is 1. The molecule has 0 unspecified atom stereocenters. The van der Waals surface area contributed by atoms with E-state index in [0.29, 0.717) is 6.10 Å². The third-order valence-electron chi connectivity index (χ3n) is 2.32. The highest BCUT2D eigenvalue weighted by Crippen LogP contribution is 2.27. The molecule has 76 valence electrons. The van der Waals surface area contributed by atoms with Gasteiger partial charge < -0.3 is 4.74 Å². The van der Waals surface area contributed by atoms with Gasteiger partial charge in [0.05, 0.1) is 6.10 Å². The largest absolute Gasteiger partial charge is 0.490 e. The summed E-state index contributed by atoms with van der Waals surface area (Å²) in [5.41, 5.74) is 1.32. The maximum Gasteiger partial charge on any atom is 0.119 e. The highest BCUT2D eigenvalue weighted by molar-refractivity contribution is 6.17. The lowest BCUT2D eigenvalue weighted by Gasteiger charge is -2.06. The zero-order valence-corrected chi connectivity index (χ0v) is 8.96. The van der Waals surface area contributed by atoms with Gasteiger partial charge in [-0.15, -0.1) is 11.6 Å². The topological polar surface area (TPSA) is 9.23 Å². The van der Waals surface area contributed by atoms with Crippen molar-refractivity contribution < 1.29 is 4.74 Å². The Balaban J connectivity index is 1.94. The molecule has 0 atom stereocenters. The van der Waals surface area contributed by atoms with Crippen molar-refractivity contribution in [3.63, 3.8) is 0 Å². The molecule has 1 aromatic carbocycles. The molecule has 0 amide bonds. The maximum absolute atomic E-state index is 5.71. The monoisotopic (exact) mass is 210 g/mol. The Hall–Kier alpha value is -0.690. The molecule has 1 aliphatic carbocycles. The first-order valence-electron chi connectivity index (χ1n) is 5.20. The van der Waals surface area contributed by atoms with E-state index in [4.69, 9.17) is 16.3 Å². The molecule has 2 rings (SSSR count). The Kier molecular flexibility index (Phi) is 3.30. The van der Waals surface area contributed by atoms with Crippen molar-refractivity contribution in [1.82, 2.24) is 0 Å². The van der Waals surface area contributed by atoms with Gasteiger partial charge in [0.2, 0.25) is 0 Å². The number of rotatable bonds is 5. The number of alkyl halides is 1. The fraction of sp³-hybridized carbons (Fsp3) is 0.500. The van der Waals surface area contributed by atoms with E-state index in [1.165, 1.54) is 18.4 Å². The maximum atomic E-state index is 5.71. The van der Waals surface area contributed by atoms with Crippen LogP contribution in [0.2, 0.25) is 0 Å². The molecule has 0 heterocycles. The van der Waals surface area contributed by atoms with Crippen molar-refractivity contribution >= 4 is 11.6 Å². The molecule has 1 nitrogen and oxygen atoms in total. The first-order chi connectivity index (χ1) is 6.88. The van der Waals surface area contributed by atoms with Gasteiger partial charge in [0.1, 0.15) is 5.75 Å². The van der Waals surface area contributed by atoms with Crippen LogP contribution in [0.15, 0.2) is 24.3 Å². The fourth-order valence-corrected chi connectivity index (χ4v) is 1.56. The molecule has 1 saturated carbocycles. The Morgan fingerprint density at radius 1 is 1.36 bits per heavy atom. The number of hydrogen-bond acceptors (Lipinski definition) is 1. The van der Waals surface area contributed by atoms with Crippen LogP contribution >= 0.6 is 11.6 Å². The molecule has 0 bridgehead atoms. The normalized spacial score (nSPS) is 15.5. The molecule has 1 fully saturated rings. The van der Waals surface area contributed by atoms with Crippen LogP contribution in [0.1, 0.15) is 24.8 Å². The highest BCUT2D eigenvalue weighted by Gasteiger charge is 2.23. The molecule has 0 aromatic heterocycles. The zero-order chi connectivity index (χ0) is 9.80. The second kappa shape index (κ2) is 4.70. The number of halogens is 1. The molecule has 0 saturated heterocycles. The molecule has 2 heteroatoms. The van der Waals surface area contributed by atoms with Crippen molar-refractivity contribution in [1.29, 1.82) is 0 Å². The van der Waals surface area contributed by atoms with Crippen LogP contribution in [-0.2, 0) is 6.42 Å². The van der Waals surface area contributed by atoms with Crippen molar-refractivity contribution in [2.75, 3.05) is 5.88 Å². The van der Waals surface area contributed by atoms with Gasteiger partial charge in [-0.3, -0.25) is 0 Å². The fourth-order valence-electron chi connectivity index (χ4n) is 1.42. The second-order valence-electron chi connectivity index (χ2n) is 3.76. The number of ether oxygens (including phenoxy) is 1. The van der Waals surface area contributed by atoms with E-state index in [1.54, 1.807) is 0 Å². The van der Waals surface area contributed by atoms with Crippen LogP contribution in [0, 0.1) is 0 Å². The minimum atomic E-state index is 0.485. The number of benzene rings is 1. The van der Waals surface area contributed by atoms with E-state index in [9.17, 15) is 0 Å². The minimum absolute atomic E-state index is 0.485. The van der Waals surface area contributed by atoms with E-state index < -0.39 is 0 Å². The average Bonchev–Trinajstić information content (AvgIpc) is 2.99. The lowest BCUT2D eigenvalue weighted by Crippen LogP contribution is -1.96. The van der Waals surface area contributed by atoms with E-state index >= 15 is 0 Å². The summed E-state index contributed by atoms with van der Waals surface area (Å²) >= 11 is 5.65. The molecular formula is C12H15ClO. The summed E-state index contributed by atoms with van der Waals surface area (Å²) < 4.78 is 5.71. The average molecular weight is 211 g/mol. The van der Waals surface area contributed by atoms with Crippen molar-refractivity contribution in [2.45, 2.75) is 31.8 Å². The summed E-state index contributed by atoms with van der Waals surface area (Å²) in [5, 5.41) is 0. The predicted molar refractivity (Wildman–Crippen MR) is 59.1 cm³/mol. The molecule has 0 radical (unpaired) electrons. The predicted octanol–water partition coefficient (Wildman–Crippen LogP) is 3.40. The summed E-state index contributed by atoms with van der Waals surface area (Å²) in [5.74, 6) is 1.74. The van der Waals surface area contributed by atoms with Gasteiger partial charge in [0.25, 0.3) is 0 Å². The first kappa shape index (κ1) is 9.85. The van der Waals surface area contributed by atoms with Crippen LogP contribution in [0.4, 0.5) is 0 Å². The van der Waals surface area contributed by atoms with E-state index in [0.717, 1.165) is 24.5 Å². The van der Waals surface area contributed by atoms with E-state index in [-0.39, 0.29) is 0 Å². The SMILES string of the molecule is ClCCCc1cccc(OC2CC2)c1. The van der Waals surface area contributed by atoms with Crippen LogP contribution in [0.3, 0.4) is 0 Å². The van der Waals surface area contributed by atoms with Crippen molar-refractivity contribution in [2.24, 2.45) is 0 Å². The van der Waals surface area contributed by atoms with Gasteiger partial charge in [-0.2, -0.15) is 0 Å². The van der Waals surface area contributed by atoms with Gasteiger partial charge in [-0.25, -0.2) is 0 Å². The summed E-state index contributed by atoms with van der Waals surface area (Å²) in [6.07, 6.45) is 5.00. The molecule has 0 spiro atoms. The van der Waals surface area contributed by atoms with Gasteiger partial charge in [-0.1, -0.05) is 12.1 Å². The third-order valence-corrected chi connectivity index (χ3v) is 2.59. The zero-order valence-electron chi connectivity index (χ0n) is 8.21. The minimum Gasteiger partial charge on any atom is -0.490 e. The highest BCUT2D eigenvalue weighted by atomic mass is 35.5. The summed E-state index contributed by atoms with van der Waals surface area (Å²) in [6, 6.07) is 8.35. The van der Waals surface area contributed by atoms with Crippen LogP contribution < -0.4 is 4.74 Å². The lowest BCUT2D eigenvalue weighted by molar-refractivity contribution is 0.303. The molecular weight excluding hydrogens is 196 g/mol. The van der Waals surface area contributed by atoms with Gasteiger partial charge >= 0.3 is 0 Å². The van der Waals surface area contributed by atoms with Gasteiger partial charge in [0.15, 0.2) is 0 Å². The summed E-state index contributed by atoms with van der Waals surface area (Å²) in [6.45, 7) is 0. The van der Waals surface area contributed by atoms with E-state index in [1.807, 2.05) is 6.07 Å². The van der Waals surface area contributed by atoms with Crippen LogP contribution in [0.25, 0.3) is 0 Å². The Labute approximate surface area is 90.0 Å². The Bertz CT molecular complexity index is 294. The summed E-state index contributed by atoms with van der Waals surface area (Å²) in [4.78, 5) is 0. The van der Waals surface area contributed by atoms with Crippen LogP contribution in [0.5, 0.6) is 5.75 Å². The van der Waals surface area contributed by atoms with Gasteiger partial charge in [-0.05, 0) is 43.4 Å². The molecule has 1 aromatic rings. The van der Waals surface area contributed by atoms with Crippen molar-refractivity contribution in [3.8, 4) is 5.75 Å². The molecule has 1 aliphatic rings. The smallest absolute Gasteiger partial charge is 0.119 e. The Morgan fingerprint density at radius 2 is 2.21 bits per heavy atom.